The third-order valence-corrected chi connectivity index (χ3v) is 4.66. The Morgan fingerprint density at radius 2 is 1.52 bits per heavy atom. The third kappa shape index (κ3) is 12.8. The van der Waals surface area contributed by atoms with Crippen molar-refractivity contribution in [3.63, 3.8) is 0 Å². The summed E-state index contributed by atoms with van der Waals surface area (Å²) in [7, 11) is -3.95. The van der Waals surface area contributed by atoms with Gasteiger partial charge in [-0.2, -0.15) is 8.42 Å². The minimum Gasteiger partial charge on any atom is -0.491 e. The highest BCUT2D eigenvalue weighted by atomic mass is 32.2. The van der Waals surface area contributed by atoms with Crippen LogP contribution in [-0.4, -0.2) is 38.5 Å². The first kappa shape index (κ1) is 21.9. The lowest BCUT2D eigenvalue weighted by molar-refractivity contribution is 0.110. The van der Waals surface area contributed by atoms with Crippen molar-refractivity contribution < 1.29 is 22.4 Å². The topological polar surface area (TPSA) is 72.8 Å². The summed E-state index contributed by atoms with van der Waals surface area (Å²) >= 11 is 0. The molecule has 0 saturated carbocycles. The molecule has 0 bridgehead atoms. The molecule has 0 atom stereocenters. The molecular formula is C19H32O5S. The highest BCUT2D eigenvalue weighted by molar-refractivity contribution is 7.85. The molecule has 0 aromatic heterocycles. The Morgan fingerprint density at radius 3 is 2.16 bits per heavy atom. The summed E-state index contributed by atoms with van der Waals surface area (Å²) in [6.45, 7) is 2.85. The van der Waals surface area contributed by atoms with Gasteiger partial charge in [0, 0.05) is 0 Å². The van der Waals surface area contributed by atoms with Crippen molar-refractivity contribution in [3.05, 3.63) is 29.8 Å². The molecule has 1 rings (SSSR count). The lowest BCUT2D eigenvalue weighted by atomic mass is 10.0. The van der Waals surface area contributed by atoms with Crippen LogP contribution < -0.4 is 4.74 Å². The molecule has 0 radical (unpaired) electrons. The molecule has 0 unspecified atom stereocenters. The molecule has 0 saturated heterocycles. The zero-order chi connectivity index (χ0) is 18.4. The minimum atomic E-state index is -3.95. The zero-order valence-corrected chi connectivity index (χ0v) is 16.1. The number of rotatable bonds is 15. The fourth-order valence-electron chi connectivity index (χ4n) is 2.52. The summed E-state index contributed by atoms with van der Waals surface area (Å²) in [5.41, 5.74) is 1.32. The van der Waals surface area contributed by atoms with E-state index in [1.165, 1.54) is 50.5 Å². The maximum absolute atomic E-state index is 10.5. The molecule has 0 heterocycles. The standard InChI is InChI=1S/C19H32O5S/c1-2-3-4-5-6-7-8-9-18-10-12-19(13-11-18)24-15-14-23-16-17-25(20,21)22/h10-13H,2-9,14-17H2,1H3,(H,20,21,22). The Labute approximate surface area is 152 Å². The van der Waals surface area contributed by atoms with Gasteiger partial charge in [-0.05, 0) is 30.5 Å². The van der Waals surface area contributed by atoms with Crippen LogP contribution >= 0.6 is 0 Å². The van der Waals surface area contributed by atoms with Gasteiger partial charge in [0.25, 0.3) is 10.1 Å². The Morgan fingerprint density at radius 1 is 0.880 bits per heavy atom. The molecule has 0 spiro atoms. The van der Waals surface area contributed by atoms with E-state index in [-0.39, 0.29) is 19.0 Å². The van der Waals surface area contributed by atoms with E-state index in [1.807, 2.05) is 12.1 Å². The van der Waals surface area contributed by atoms with E-state index in [0.717, 1.165) is 12.2 Å². The second kappa shape index (κ2) is 13.1. The van der Waals surface area contributed by atoms with Crippen molar-refractivity contribution >= 4 is 10.1 Å². The molecule has 1 aromatic rings. The molecule has 0 aliphatic carbocycles. The summed E-state index contributed by atoms with van der Waals surface area (Å²) < 4.78 is 40.2. The zero-order valence-electron chi connectivity index (χ0n) is 15.3. The highest BCUT2D eigenvalue weighted by Gasteiger charge is 2.03. The van der Waals surface area contributed by atoms with Crippen LogP contribution in [0.1, 0.15) is 57.4 Å². The Bertz CT molecular complexity index is 539. The number of unbranched alkanes of at least 4 members (excludes halogenated alkanes) is 6. The summed E-state index contributed by atoms with van der Waals surface area (Å²) in [5, 5.41) is 0. The lowest BCUT2D eigenvalue weighted by Gasteiger charge is -2.08. The van der Waals surface area contributed by atoms with Crippen LogP contribution in [0.4, 0.5) is 0 Å². The molecule has 0 amide bonds. The van der Waals surface area contributed by atoms with Gasteiger partial charge < -0.3 is 9.47 Å². The first-order valence-electron chi connectivity index (χ1n) is 9.26. The largest absolute Gasteiger partial charge is 0.491 e. The van der Waals surface area contributed by atoms with E-state index in [4.69, 9.17) is 14.0 Å². The van der Waals surface area contributed by atoms with Crippen molar-refractivity contribution in [3.8, 4) is 5.75 Å². The van der Waals surface area contributed by atoms with Crippen LogP contribution in [0.25, 0.3) is 0 Å². The van der Waals surface area contributed by atoms with Crippen LogP contribution in [0, 0.1) is 0 Å². The molecule has 1 aromatic carbocycles. The maximum Gasteiger partial charge on any atom is 0.267 e. The number of hydrogen-bond acceptors (Lipinski definition) is 4. The fraction of sp³-hybridized carbons (Fsp3) is 0.684. The van der Waals surface area contributed by atoms with E-state index >= 15 is 0 Å². The van der Waals surface area contributed by atoms with Crippen LogP contribution in [0.15, 0.2) is 24.3 Å². The molecule has 6 heteroatoms. The summed E-state index contributed by atoms with van der Waals surface area (Å²) in [6, 6.07) is 8.08. The third-order valence-electron chi connectivity index (χ3n) is 3.97. The molecular weight excluding hydrogens is 340 g/mol. The number of ether oxygens (including phenoxy) is 2. The summed E-state index contributed by atoms with van der Waals surface area (Å²) in [5.74, 6) is 0.391. The molecule has 1 N–H and O–H groups in total. The van der Waals surface area contributed by atoms with Crippen molar-refractivity contribution in [1.29, 1.82) is 0 Å². The number of hydrogen-bond donors (Lipinski definition) is 1. The van der Waals surface area contributed by atoms with Crippen LogP contribution in [0.3, 0.4) is 0 Å². The van der Waals surface area contributed by atoms with Gasteiger partial charge in [0.15, 0.2) is 0 Å². The first-order valence-corrected chi connectivity index (χ1v) is 10.9. The molecule has 5 nitrogen and oxygen atoms in total. The molecule has 25 heavy (non-hydrogen) atoms. The van der Waals surface area contributed by atoms with Gasteiger partial charge in [-0.15, -0.1) is 0 Å². The highest BCUT2D eigenvalue weighted by Crippen LogP contribution is 2.15. The van der Waals surface area contributed by atoms with E-state index in [1.54, 1.807) is 0 Å². The minimum absolute atomic E-state index is 0.0282. The van der Waals surface area contributed by atoms with Crippen LogP contribution in [0.2, 0.25) is 0 Å². The predicted octanol–water partition coefficient (Wildman–Crippen LogP) is 4.26. The Balaban J connectivity index is 2.07. The molecule has 0 aliphatic rings. The summed E-state index contributed by atoms with van der Waals surface area (Å²) in [4.78, 5) is 0. The van der Waals surface area contributed by atoms with Crippen LogP contribution in [0.5, 0.6) is 5.75 Å². The van der Waals surface area contributed by atoms with Gasteiger partial charge in [0.1, 0.15) is 12.4 Å². The van der Waals surface area contributed by atoms with Crippen molar-refractivity contribution in [2.75, 3.05) is 25.6 Å². The van der Waals surface area contributed by atoms with Crippen molar-refractivity contribution in [2.45, 2.75) is 58.3 Å². The predicted molar refractivity (Wildman–Crippen MR) is 101 cm³/mol. The van der Waals surface area contributed by atoms with Gasteiger partial charge >= 0.3 is 0 Å². The van der Waals surface area contributed by atoms with E-state index in [2.05, 4.69) is 19.1 Å². The Hall–Kier alpha value is -1.11. The smallest absolute Gasteiger partial charge is 0.267 e. The lowest BCUT2D eigenvalue weighted by Crippen LogP contribution is -2.14. The quantitative estimate of drug-likeness (QED) is 0.368. The van der Waals surface area contributed by atoms with Crippen LogP contribution in [-0.2, 0) is 21.3 Å². The van der Waals surface area contributed by atoms with E-state index in [9.17, 15) is 8.42 Å². The van der Waals surface area contributed by atoms with Gasteiger partial charge in [-0.3, -0.25) is 4.55 Å². The SMILES string of the molecule is CCCCCCCCCc1ccc(OCCOCCS(=O)(=O)O)cc1. The van der Waals surface area contributed by atoms with E-state index in [0.29, 0.717) is 6.61 Å². The second-order valence-electron chi connectivity index (χ2n) is 6.26. The van der Waals surface area contributed by atoms with Gasteiger partial charge in [0.05, 0.1) is 19.0 Å². The molecule has 144 valence electrons. The van der Waals surface area contributed by atoms with E-state index < -0.39 is 10.1 Å². The fourth-order valence-corrected chi connectivity index (χ4v) is 2.85. The average molecular weight is 373 g/mol. The first-order chi connectivity index (χ1) is 12.0. The van der Waals surface area contributed by atoms with Gasteiger partial charge in [-0.25, -0.2) is 0 Å². The summed E-state index contributed by atoms with van der Waals surface area (Å²) in [6.07, 6.45) is 10.3. The maximum atomic E-state index is 10.5. The Kier molecular flexibility index (Phi) is 11.5. The number of benzene rings is 1. The average Bonchev–Trinajstić information content (AvgIpc) is 2.57. The van der Waals surface area contributed by atoms with Gasteiger partial charge in [-0.1, -0.05) is 57.6 Å². The normalized spacial score (nSPS) is 11.6. The van der Waals surface area contributed by atoms with Gasteiger partial charge in [0.2, 0.25) is 0 Å². The monoisotopic (exact) mass is 372 g/mol. The van der Waals surface area contributed by atoms with Crippen molar-refractivity contribution in [2.24, 2.45) is 0 Å². The number of aryl methyl sites for hydroxylation is 1. The molecule has 0 fully saturated rings. The van der Waals surface area contributed by atoms with Crippen molar-refractivity contribution in [1.82, 2.24) is 0 Å². The second-order valence-corrected chi connectivity index (χ2v) is 7.83. The molecule has 0 aliphatic heterocycles.